The lowest BCUT2D eigenvalue weighted by Crippen LogP contribution is -2.25. The Labute approximate surface area is 132 Å². The first-order valence-corrected chi connectivity index (χ1v) is 7.52. The van der Waals surface area contributed by atoms with Gasteiger partial charge in [-0.15, -0.1) is 0 Å². The van der Waals surface area contributed by atoms with Crippen molar-refractivity contribution in [2.45, 2.75) is 13.0 Å². The summed E-state index contributed by atoms with van der Waals surface area (Å²) in [5, 5.41) is 11.1. The number of aliphatic carboxylic acids is 1. The topological polar surface area (TPSA) is 70.8 Å². The summed E-state index contributed by atoms with van der Waals surface area (Å²) in [4.78, 5) is 24.6. The Morgan fingerprint density at radius 1 is 1.17 bits per heavy atom. The number of fused-ring (bicyclic) bond motifs is 3. The summed E-state index contributed by atoms with van der Waals surface area (Å²) in [7, 11) is 0. The van der Waals surface area contributed by atoms with Crippen molar-refractivity contribution in [3.8, 4) is 0 Å². The van der Waals surface area contributed by atoms with Crippen molar-refractivity contribution in [3.05, 3.63) is 48.0 Å². The number of para-hydroxylation sites is 1. The van der Waals surface area contributed by atoms with Gasteiger partial charge in [0.2, 0.25) is 5.91 Å². The molecule has 1 fully saturated rings. The summed E-state index contributed by atoms with van der Waals surface area (Å²) in [5.74, 6) is -1.60. The second-order valence-electron chi connectivity index (χ2n) is 5.94. The molecule has 1 amide bonds. The average Bonchev–Trinajstić information content (AvgIpc) is 3.08. The fourth-order valence-corrected chi connectivity index (χ4v) is 3.18. The molecular formula is C18H15NO4. The van der Waals surface area contributed by atoms with E-state index in [-0.39, 0.29) is 18.9 Å². The molecule has 0 saturated carbocycles. The zero-order chi connectivity index (χ0) is 16.0. The van der Waals surface area contributed by atoms with Gasteiger partial charge in [-0.1, -0.05) is 24.3 Å². The number of carboxylic acid groups (broad SMARTS) is 1. The fraction of sp³-hybridized carbons (Fsp3) is 0.222. The Bertz CT molecular complexity index is 927. The first-order chi connectivity index (χ1) is 11.1. The molecule has 5 nitrogen and oxygen atoms in total. The molecular weight excluding hydrogens is 294 g/mol. The third-order valence-corrected chi connectivity index (χ3v) is 4.38. The van der Waals surface area contributed by atoms with E-state index in [0.717, 1.165) is 27.5 Å². The van der Waals surface area contributed by atoms with E-state index < -0.39 is 11.9 Å². The number of likely N-dealkylation sites (tertiary alicyclic amines) is 1. The molecule has 1 aliphatic heterocycles. The predicted octanol–water partition coefficient (Wildman–Crippen LogP) is 3.02. The number of carboxylic acids is 1. The van der Waals surface area contributed by atoms with E-state index in [4.69, 9.17) is 9.52 Å². The summed E-state index contributed by atoms with van der Waals surface area (Å²) in [6.45, 7) is 0.705. The molecule has 1 aromatic heterocycles. The number of carbonyl (C=O) groups is 2. The summed E-state index contributed by atoms with van der Waals surface area (Å²) < 4.78 is 5.79. The number of hydrogen-bond donors (Lipinski definition) is 1. The number of nitrogens with zero attached hydrogens (tertiary/aromatic N) is 1. The summed E-state index contributed by atoms with van der Waals surface area (Å²) in [5.41, 5.74) is 2.62. The summed E-state index contributed by atoms with van der Waals surface area (Å²) in [6.07, 6.45) is 0.0895. The minimum absolute atomic E-state index is 0.0895. The van der Waals surface area contributed by atoms with Crippen LogP contribution in [0, 0.1) is 5.92 Å². The quantitative estimate of drug-likeness (QED) is 0.807. The first-order valence-electron chi connectivity index (χ1n) is 7.52. The van der Waals surface area contributed by atoms with E-state index in [2.05, 4.69) is 0 Å². The molecule has 1 N–H and O–H groups in total. The van der Waals surface area contributed by atoms with Gasteiger partial charge >= 0.3 is 5.97 Å². The van der Waals surface area contributed by atoms with Crippen molar-refractivity contribution in [2.75, 3.05) is 6.54 Å². The van der Waals surface area contributed by atoms with E-state index in [1.165, 1.54) is 0 Å². The maximum absolute atomic E-state index is 12.0. The van der Waals surface area contributed by atoms with Crippen molar-refractivity contribution in [3.63, 3.8) is 0 Å². The van der Waals surface area contributed by atoms with Gasteiger partial charge in [0.05, 0.1) is 5.92 Å². The lowest BCUT2D eigenvalue weighted by Gasteiger charge is -2.16. The van der Waals surface area contributed by atoms with Crippen LogP contribution in [0.5, 0.6) is 0 Å². The van der Waals surface area contributed by atoms with Crippen LogP contribution in [0.3, 0.4) is 0 Å². The van der Waals surface area contributed by atoms with Gasteiger partial charge in [0, 0.05) is 30.3 Å². The number of carbonyl (C=O) groups excluding carboxylic acids is 1. The Morgan fingerprint density at radius 3 is 2.74 bits per heavy atom. The molecule has 116 valence electrons. The zero-order valence-electron chi connectivity index (χ0n) is 12.4. The Balaban J connectivity index is 1.66. The molecule has 0 bridgehead atoms. The third-order valence-electron chi connectivity index (χ3n) is 4.38. The highest BCUT2D eigenvalue weighted by Gasteiger charge is 2.34. The minimum Gasteiger partial charge on any atom is -0.481 e. The molecule has 0 radical (unpaired) electrons. The van der Waals surface area contributed by atoms with Crippen LogP contribution in [-0.2, 0) is 16.1 Å². The third kappa shape index (κ3) is 2.34. The maximum atomic E-state index is 12.0. The van der Waals surface area contributed by atoms with Gasteiger partial charge in [0.25, 0.3) is 0 Å². The van der Waals surface area contributed by atoms with E-state index in [1.807, 2.05) is 42.5 Å². The molecule has 1 atom stereocenters. The molecule has 3 aromatic rings. The predicted molar refractivity (Wildman–Crippen MR) is 84.9 cm³/mol. The number of furan rings is 1. The fourth-order valence-electron chi connectivity index (χ4n) is 3.18. The highest BCUT2D eigenvalue weighted by atomic mass is 16.4. The van der Waals surface area contributed by atoms with Gasteiger partial charge in [-0.25, -0.2) is 0 Å². The monoisotopic (exact) mass is 309 g/mol. The molecule has 0 spiro atoms. The SMILES string of the molecule is O=C(O)C1CC(=O)N(Cc2ccc3oc4ccccc4c3c2)C1. The second kappa shape index (κ2) is 5.12. The van der Waals surface area contributed by atoms with Crippen LogP contribution in [0.25, 0.3) is 21.9 Å². The van der Waals surface area contributed by atoms with Gasteiger partial charge in [0.15, 0.2) is 0 Å². The van der Waals surface area contributed by atoms with Crippen LogP contribution in [0.15, 0.2) is 46.9 Å². The maximum Gasteiger partial charge on any atom is 0.308 e. The number of hydrogen-bond acceptors (Lipinski definition) is 3. The molecule has 23 heavy (non-hydrogen) atoms. The van der Waals surface area contributed by atoms with E-state index in [1.54, 1.807) is 4.90 Å². The number of amides is 1. The van der Waals surface area contributed by atoms with Crippen molar-refractivity contribution in [2.24, 2.45) is 5.92 Å². The molecule has 4 rings (SSSR count). The summed E-state index contributed by atoms with van der Waals surface area (Å²) in [6, 6.07) is 13.7. The largest absolute Gasteiger partial charge is 0.481 e. The molecule has 2 heterocycles. The Kier molecular flexibility index (Phi) is 3.08. The zero-order valence-corrected chi connectivity index (χ0v) is 12.4. The molecule has 0 aliphatic carbocycles. The van der Waals surface area contributed by atoms with E-state index >= 15 is 0 Å². The van der Waals surface area contributed by atoms with Gasteiger partial charge in [-0.05, 0) is 23.8 Å². The molecule has 1 unspecified atom stereocenters. The van der Waals surface area contributed by atoms with Crippen molar-refractivity contribution in [1.29, 1.82) is 0 Å². The van der Waals surface area contributed by atoms with Gasteiger partial charge in [0.1, 0.15) is 11.2 Å². The second-order valence-corrected chi connectivity index (χ2v) is 5.94. The molecule has 1 saturated heterocycles. The lowest BCUT2D eigenvalue weighted by molar-refractivity contribution is -0.141. The van der Waals surface area contributed by atoms with Gasteiger partial charge in [-0.3, -0.25) is 9.59 Å². The lowest BCUT2D eigenvalue weighted by atomic mass is 10.1. The van der Waals surface area contributed by atoms with E-state index in [0.29, 0.717) is 6.54 Å². The first kappa shape index (κ1) is 13.8. The highest BCUT2D eigenvalue weighted by Crippen LogP contribution is 2.30. The van der Waals surface area contributed by atoms with Crippen molar-refractivity contribution < 1.29 is 19.1 Å². The minimum atomic E-state index is -0.905. The van der Waals surface area contributed by atoms with Crippen LogP contribution in [0.1, 0.15) is 12.0 Å². The number of benzene rings is 2. The highest BCUT2D eigenvalue weighted by molar-refractivity contribution is 6.05. The smallest absolute Gasteiger partial charge is 0.308 e. The molecule has 5 heteroatoms. The van der Waals surface area contributed by atoms with Crippen LogP contribution in [-0.4, -0.2) is 28.4 Å². The van der Waals surface area contributed by atoms with Crippen LogP contribution in [0.2, 0.25) is 0 Å². The van der Waals surface area contributed by atoms with Crippen molar-refractivity contribution in [1.82, 2.24) is 4.90 Å². The molecule has 1 aliphatic rings. The van der Waals surface area contributed by atoms with Crippen LogP contribution in [0.4, 0.5) is 0 Å². The normalized spacial score (nSPS) is 18.2. The standard InChI is InChI=1S/C18H15NO4/c20-17-8-12(18(21)22)10-19(17)9-11-5-6-16-14(7-11)13-3-1-2-4-15(13)23-16/h1-7,12H,8-10H2,(H,21,22). The Morgan fingerprint density at radius 2 is 1.96 bits per heavy atom. The van der Waals surface area contributed by atoms with Crippen LogP contribution >= 0.6 is 0 Å². The summed E-state index contributed by atoms with van der Waals surface area (Å²) >= 11 is 0. The van der Waals surface area contributed by atoms with Crippen LogP contribution < -0.4 is 0 Å². The van der Waals surface area contributed by atoms with E-state index in [9.17, 15) is 9.59 Å². The molecule has 2 aromatic carbocycles. The number of rotatable bonds is 3. The van der Waals surface area contributed by atoms with Crippen molar-refractivity contribution >= 4 is 33.8 Å². The average molecular weight is 309 g/mol. The Hall–Kier alpha value is -2.82. The van der Waals surface area contributed by atoms with Gasteiger partial charge in [-0.2, -0.15) is 0 Å². The van der Waals surface area contributed by atoms with Gasteiger partial charge < -0.3 is 14.4 Å².